The highest BCUT2D eigenvalue weighted by atomic mass is 16.5. The van der Waals surface area contributed by atoms with E-state index in [1.165, 1.54) is 0 Å². The van der Waals surface area contributed by atoms with Gasteiger partial charge in [0, 0.05) is 37.3 Å². The molecular weight excluding hydrogens is 412 g/mol. The third-order valence-corrected chi connectivity index (χ3v) is 6.43. The molecule has 6 nitrogen and oxygen atoms in total. The largest absolute Gasteiger partial charge is 0.376 e. The Balaban J connectivity index is 1.41. The lowest BCUT2D eigenvalue weighted by molar-refractivity contribution is -0.130. The number of nitrogens with zero attached hydrogens (tertiary/aromatic N) is 4. The van der Waals surface area contributed by atoms with Gasteiger partial charge in [-0.15, -0.1) is 0 Å². The molecular formula is C27H26N4O2. The van der Waals surface area contributed by atoms with Gasteiger partial charge in [-0.1, -0.05) is 60.7 Å². The number of nitriles is 1. The fourth-order valence-corrected chi connectivity index (χ4v) is 4.67. The van der Waals surface area contributed by atoms with Gasteiger partial charge in [-0.25, -0.2) is 4.98 Å². The number of hydrogen-bond donors (Lipinski definition) is 0. The second-order valence-corrected chi connectivity index (χ2v) is 8.43. The van der Waals surface area contributed by atoms with Crippen molar-refractivity contribution in [1.29, 1.82) is 5.26 Å². The number of amides is 1. The van der Waals surface area contributed by atoms with E-state index in [-0.39, 0.29) is 5.91 Å². The molecule has 0 unspecified atom stereocenters. The summed E-state index contributed by atoms with van der Waals surface area (Å²) in [6.45, 7) is 3.65. The van der Waals surface area contributed by atoms with Crippen molar-refractivity contribution in [2.45, 2.75) is 19.4 Å². The Hall–Kier alpha value is -3.69. The number of ether oxygens (including phenoxy) is 1. The van der Waals surface area contributed by atoms with Crippen molar-refractivity contribution in [3.63, 3.8) is 0 Å². The molecule has 0 aliphatic carbocycles. The molecule has 166 valence electrons. The molecule has 2 aliphatic rings. The maximum absolute atomic E-state index is 12.8. The van der Waals surface area contributed by atoms with Crippen molar-refractivity contribution >= 4 is 11.7 Å². The molecule has 33 heavy (non-hydrogen) atoms. The SMILES string of the molecule is N#Cc1c(N2CCN(C(=O)Cc3ccccc3)CC2)nc(-c2ccccc2)c2c1CCOC2. The number of carbonyl (C=O) groups excluding carboxylic acids is 1. The number of rotatable bonds is 4. The molecule has 1 fully saturated rings. The van der Waals surface area contributed by atoms with Crippen LogP contribution in [0.25, 0.3) is 11.3 Å². The van der Waals surface area contributed by atoms with E-state index in [0.717, 1.165) is 33.8 Å². The Kier molecular flexibility index (Phi) is 6.05. The molecule has 2 aromatic carbocycles. The molecule has 3 aromatic rings. The zero-order chi connectivity index (χ0) is 22.6. The quantitative estimate of drug-likeness (QED) is 0.623. The maximum atomic E-state index is 12.8. The van der Waals surface area contributed by atoms with Crippen molar-refractivity contribution in [2.75, 3.05) is 37.7 Å². The minimum Gasteiger partial charge on any atom is -0.376 e. The van der Waals surface area contributed by atoms with Gasteiger partial charge in [0.15, 0.2) is 0 Å². The van der Waals surface area contributed by atoms with E-state index in [4.69, 9.17) is 9.72 Å². The molecule has 3 heterocycles. The van der Waals surface area contributed by atoms with Crippen LogP contribution < -0.4 is 4.90 Å². The Labute approximate surface area is 194 Å². The van der Waals surface area contributed by atoms with Crippen LogP contribution in [0.4, 0.5) is 5.82 Å². The summed E-state index contributed by atoms with van der Waals surface area (Å²) in [4.78, 5) is 21.9. The number of hydrogen-bond acceptors (Lipinski definition) is 5. The Morgan fingerprint density at radius 1 is 0.970 bits per heavy atom. The molecule has 1 amide bonds. The zero-order valence-corrected chi connectivity index (χ0v) is 18.5. The lowest BCUT2D eigenvalue weighted by atomic mass is 9.93. The second kappa shape index (κ2) is 9.43. The van der Waals surface area contributed by atoms with Gasteiger partial charge in [-0.05, 0) is 17.5 Å². The van der Waals surface area contributed by atoms with Crippen molar-refractivity contribution in [3.05, 3.63) is 82.9 Å². The molecule has 0 atom stereocenters. The molecule has 1 saturated heterocycles. The lowest BCUT2D eigenvalue weighted by Gasteiger charge is -2.37. The van der Waals surface area contributed by atoms with Gasteiger partial charge in [-0.2, -0.15) is 5.26 Å². The molecule has 0 radical (unpaired) electrons. The molecule has 6 heteroatoms. The number of anilines is 1. The topological polar surface area (TPSA) is 69.5 Å². The monoisotopic (exact) mass is 438 g/mol. The summed E-state index contributed by atoms with van der Waals surface area (Å²) in [5.41, 5.74) is 5.67. The van der Waals surface area contributed by atoms with Gasteiger partial charge in [0.1, 0.15) is 11.9 Å². The second-order valence-electron chi connectivity index (χ2n) is 8.43. The average Bonchev–Trinajstić information content (AvgIpc) is 2.89. The van der Waals surface area contributed by atoms with Crippen LogP contribution in [0.1, 0.15) is 22.3 Å². The average molecular weight is 439 g/mol. The fraction of sp³-hybridized carbons (Fsp3) is 0.296. The van der Waals surface area contributed by atoms with E-state index < -0.39 is 0 Å². The molecule has 2 aliphatic heterocycles. The smallest absolute Gasteiger partial charge is 0.227 e. The number of pyridine rings is 1. The van der Waals surface area contributed by atoms with Crippen molar-refractivity contribution in [3.8, 4) is 17.3 Å². The summed E-state index contributed by atoms with van der Waals surface area (Å²) in [6, 6.07) is 22.4. The standard InChI is InChI=1S/C27H26N4O2/c28-18-23-22-11-16-33-19-24(22)26(21-9-5-2-6-10-21)29-27(23)31-14-12-30(13-15-31)25(32)17-20-7-3-1-4-8-20/h1-10H,11-17,19H2. The van der Waals surface area contributed by atoms with Crippen LogP contribution in [0.5, 0.6) is 0 Å². The predicted octanol–water partition coefficient (Wildman–Crippen LogP) is 3.58. The van der Waals surface area contributed by atoms with Gasteiger partial charge in [0.2, 0.25) is 5.91 Å². The number of aromatic nitrogens is 1. The zero-order valence-electron chi connectivity index (χ0n) is 18.5. The minimum absolute atomic E-state index is 0.141. The van der Waals surface area contributed by atoms with E-state index in [1.54, 1.807) is 0 Å². The summed E-state index contributed by atoms with van der Waals surface area (Å²) < 4.78 is 5.73. The summed E-state index contributed by atoms with van der Waals surface area (Å²) in [5.74, 6) is 0.869. The van der Waals surface area contributed by atoms with E-state index in [1.807, 2.05) is 65.6 Å². The van der Waals surface area contributed by atoms with Crippen molar-refractivity contribution in [1.82, 2.24) is 9.88 Å². The van der Waals surface area contributed by atoms with Crippen LogP contribution >= 0.6 is 0 Å². The Bertz CT molecular complexity index is 1180. The number of benzene rings is 2. The van der Waals surface area contributed by atoms with Gasteiger partial charge < -0.3 is 14.5 Å². The first kappa shape index (κ1) is 21.2. The summed E-state index contributed by atoms with van der Waals surface area (Å²) in [5, 5.41) is 10.0. The Morgan fingerprint density at radius 2 is 1.67 bits per heavy atom. The minimum atomic E-state index is 0.141. The van der Waals surface area contributed by atoms with Gasteiger partial charge >= 0.3 is 0 Å². The molecule has 5 rings (SSSR count). The lowest BCUT2D eigenvalue weighted by Crippen LogP contribution is -2.49. The van der Waals surface area contributed by atoms with E-state index in [2.05, 4.69) is 11.0 Å². The predicted molar refractivity (Wildman–Crippen MR) is 127 cm³/mol. The van der Waals surface area contributed by atoms with Crippen LogP contribution in [0.15, 0.2) is 60.7 Å². The highest BCUT2D eigenvalue weighted by Crippen LogP contribution is 2.35. The number of piperazine rings is 1. The molecule has 0 spiro atoms. The van der Waals surface area contributed by atoms with Crippen LogP contribution in [0.2, 0.25) is 0 Å². The van der Waals surface area contributed by atoms with Gasteiger partial charge in [0.25, 0.3) is 0 Å². The fourth-order valence-electron chi connectivity index (χ4n) is 4.67. The first-order valence-electron chi connectivity index (χ1n) is 11.4. The van der Waals surface area contributed by atoms with Crippen molar-refractivity contribution < 1.29 is 9.53 Å². The van der Waals surface area contributed by atoms with Gasteiger partial charge in [0.05, 0.1) is 30.9 Å². The van der Waals surface area contributed by atoms with Crippen molar-refractivity contribution in [2.24, 2.45) is 0 Å². The normalized spacial score (nSPS) is 15.6. The van der Waals surface area contributed by atoms with Crippen LogP contribution in [0, 0.1) is 11.3 Å². The van der Waals surface area contributed by atoms with Gasteiger partial charge in [-0.3, -0.25) is 4.79 Å². The Morgan fingerprint density at radius 3 is 2.36 bits per heavy atom. The summed E-state index contributed by atoms with van der Waals surface area (Å²) in [6.07, 6.45) is 1.13. The van der Waals surface area contributed by atoms with Crippen LogP contribution in [-0.4, -0.2) is 48.6 Å². The molecule has 1 aromatic heterocycles. The van der Waals surface area contributed by atoms with E-state index in [9.17, 15) is 10.1 Å². The first-order chi connectivity index (χ1) is 16.2. The highest BCUT2D eigenvalue weighted by Gasteiger charge is 2.28. The third-order valence-electron chi connectivity index (χ3n) is 6.43. The third kappa shape index (κ3) is 4.33. The molecule has 0 saturated carbocycles. The highest BCUT2D eigenvalue weighted by molar-refractivity contribution is 5.79. The van der Waals surface area contributed by atoms with E-state index >= 15 is 0 Å². The first-order valence-corrected chi connectivity index (χ1v) is 11.4. The summed E-state index contributed by atoms with van der Waals surface area (Å²) in [7, 11) is 0. The molecule has 0 bridgehead atoms. The maximum Gasteiger partial charge on any atom is 0.227 e. The number of fused-ring (bicyclic) bond motifs is 1. The molecule has 0 N–H and O–H groups in total. The van der Waals surface area contributed by atoms with Crippen LogP contribution in [0.3, 0.4) is 0 Å². The summed E-state index contributed by atoms with van der Waals surface area (Å²) >= 11 is 0. The number of carbonyl (C=O) groups is 1. The van der Waals surface area contributed by atoms with Crippen LogP contribution in [-0.2, 0) is 29.0 Å². The van der Waals surface area contributed by atoms with E-state index in [0.29, 0.717) is 57.8 Å².